The van der Waals surface area contributed by atoms with Crippen LogP contribution in [-0.4, -0.2) is 102 Å². The Morgan fingerprint density at radius 3 is 2.42 bits per heavy atom. The van der Waals surface area contributed by atoms with Gasteiger partial charge >= 0.3 is 0 Å². The number of nitrogens with zero attached hydrogens (tertiary/aromatic N) is 3. The first-order chi connectivity index (χ1) is 21.7. The van der Waals surface area contributed by atoms with Crippen LogP contribution in [0.1, 0.15) is 18.2 Å². The maximum atomic E-state index is 13.7. The lowest BCUT2D eigenvalue weighted by molar-refractivity contribution is -0.157. The summed E-state index contributed by atoms with van der Waals surface area (Å²) in [5.41, 5.74) is 2.38. The van der Waals surface area contributed by atoms with E-state index < -0.39 is 47.9 Å². The first-order valence-corrected chi connectivity index (χ1v) is 15.6. The summed E-state index contributed by atoms with van der Waals surface area (Å²) >= 11 is 1.45. The molecule has 2 fully saturated rings. The second kappa shape index (κ2) is 14.4. The molecule has 3 N–H and O–H groups in total. The number of thiazole rings is 1. The van der Waals surface area contributed by atoms with Crippen molar-refractivity contribution in [2.45, 2.75) is 44.1 Å². The number of carbonyl (C=O) groups is 5. The van der Waals surface area contributed by atoms with Crippen molar-refractivity contribution in [1.29, 1.82) is 0 Å². The number of rotatable bonds is 5. The Kier molecular flexibility index (Phi) is 10.2. The molecule has 5 amide bonds. The van der Waals surface area contributed by atoms with Gasteiger partial charge in [0.05, 0.1) is 31.3 Å². The first kappa shape index (κ1) is 31.8. The second-order valence-electron chi connectivity index (χ2n) is 11.2. The van der Waals surface area contributed by atoms with Crippen LogP contribution in [0, 0.1) is 0 Å². The number of amides is 5. The Morgan fingerprint density at radius 1 is 0.978 bits per heavy atom. The highest BCUT2D eigenvalue weighted by Crippen LogP contribution is 2.24. The van der Waals surface area contributed by atoms with Gasteiger partial charge < -0.3 is 30.5 Å². The van der Waals surface area contributed by atoms with E-state index >= 15 is 0 Å². The van der Waals surface area contributed by atoms with Crippen LogP contribution in [0.4, 0.5) is 0 Å². The van der Waals surface area contributed by atoms with Gasteiger partial charge in [-0.25, -0.2) is 4.98 Å². The Balaban J connectivity index is 1.36. The highest BCUT2D eigenvalue weighted by atomic mass is 32.1. The van der Waals surface area contributed by atoms with Crippen molar-refractivity contribution in [3.05, 3.63) is 77.3 Å². The highest BCUT2D eigenvalue weighted by molar-refractivity contribution is 7.13. The van der Waals surface area contributed by atoms with Crippen molar-refractivity contribution < 1.29 is 28.7 Å². The fraction of sp³-hybridized carbons (Fsp3) is 0.375. The zero-order valence-corrected chi connectivity index (χ0v) is 25.9. The number of ether oxygens (including phenoxy) is 1. The number of fused-ring (bicyclic) bond motifs is 2. The van der Waals surface area contributed by atoms with Crippen LogP contribution >= 0.6 is 11.3 Å². The maximum Gasteiger partial charge on any atom is 0.251 e. The molecule has 2 aromatic carbocycles. The standard InChI is InChI=1S/C32H36N6O6S/c1-20-29(41)33-15-24-16-38(28(40)14-23-19-45-31(35-23)22-11-7-4-8-12-22)17-26(44-24)30(42)36-25(13-21-9-5-3-6-10-21)32(43)37(2)18-27(39)34-20/h3-12,19-20,24-26H,13-18H2,1-2H3,(H,33,41)(H,34,39)(H,36,42)/t20-,24+,25-,26-/m1/s1. The van der Waals surface area contributed by atoms with Crippen LogP contribution < -0.4 is 16.0 Å². The smallest absolute Gasteiger partial charge is 0.251 e. The molecule has 2 aliphatic heterocycles. The third-order valence-corrected chi connectivity index (χ3v) is 8.59. The molecule has 236 valence electrons. The summed E-state index contributed by atoms with van der Waals surface area (Å²) in [6, 6.07) is 17.0. The van der Waals surface area contributed by atoms with Crippen LogP contribution in [0.2, 0.25) is 0 Å². The van der Waals surface area contributed by atoms with Gasteiger partial charge in [-0.05, 0) is 12.5 Å². The number of hydrogen-bond donors (Lipinski definition) is 3. The van der Waals surface area contributed by atoms with Crippen molar-refractivity contribution in [2.24, 2.45) is 0 Å². The number of likely N-dealkylation sites (N-methyl/N-ethyl adjacent to an activating group) is 1. The minimum Gasteiger partial charge on any atom is -0.360 e. The van der Waals surface area contributed by atoms with Crippen molar-refractivity contribution in [3.8, 4) is 10.6 Å². The quantitative estimate of drug-likeness (QED) is 0.376. The number of benzene rings is 2. The lowest BCUT2D eigenvalue weighted by Gasteiger charge is -2.38. The molecular formula is C32H36N6O6S. The molecule has 0 saturated carbocycles. The van der Waals surface area contributed by atoms with E-state index in [-0.39, 0.29) is 44.9 Å². The molecule has 0 aliphatic carbocycles. The molecular weight excluding hydrogens is 596 g/mol. The summed E-state index contributed by atoms with van der Waals surface area (Å²) in [6.07, 6.45) is -1.60. The van der Waals surface area contributed by atoms with E-state index in [0.717, 1.165) is 16.1 Å². The molecule has 2 aliphatic rings. The molecule has 12 nitrogen and oxygen atoms in total. The third kappa shape index (κ3) is 8.31. The van der Waals surface area contributed by atoms with Gasteiger partial charge in [0, 0.05) is 37.5 Å². The highest BCUT2D eigenvalue weighted by Gasteiger charge is 2.37. The van der Waals surface area contributed by atoms with Crippen LogP contribution in [-0.2, 0) is 41.6 Å². The predicted octanol–water partition coefficient (Wildman–Crippen LogP) is 0.769. The van der Waals surface area contributed by atoms with E-state index in [1.165, 1.54) is 35.1 Å². The van der Waals surface area contributed by atoms with Crippen LogP contribution in [0.3, 0.4) is 0 Å². The van der Waals surface area contributed by atoms with Crippen LogP contribution in [0.15, 0.2) is 66.0 Å². The van der Waals surface area contributed by atoms with E-state index in [1.54, 1.807) is 0 Å². The Morgan fingerprint density at radius 2 is 1.69 bits per heavy atom. The van der Waals surface area contributed by atoms with Gasteiger partial charge in [0.15, 0.2) is 6.10 Å². The van der Waals surface area contributed by atoms with E-state index in [9.17, 15) is 24.0 Å². The molecule has 2 saturated heterocycles. The van der Waals surface area contributed by atoms with Crippen molar-refractivity contribution in [2.75, 3.05) is 33.2 Å². The molecule has 45 heavy (non-hydrogen) atoms. The molecule has 2 bridgehead atoms. The molecule has 3 aromatic rings. The number of aromatic nitrogens is 1. The van der Waals surface area contributed by atoms with Crippen molar-refractivity contribution >= 4 is 40.9 Å². The van der Waals surface area contributed by atoms with Crippen LogP contribution in [0.5, 0.6) is 0 Å². The van der Waals surface area contributed by atoms with Gasteiger partial charge in [0.25, 0.3) is 5.91 Å². The third-order valence-electron chi connectivity index (χ3n) is 7.65. The zero-order valence-electron chi connectivity index (χ0n) is 25.1. The predicted molar refractivity (Wildman–Crippen MR) is 167 cm³/mol. The van der Waals surface area contributed by atoms with Gasteiger partial charge in [-0.15, -0.1) is 11.3 Å². The average Bonchev–Trinajstić information content (AvgIpc) is 3.51. The maximum absolute atomic E-state index is 13.7. The SMILES string of the molecule is C[C@H]1NC(=O)CN(C)C(=O)[C@@H](Cc2ccccc2)NC(=O)[C@H]2CN(C(=O)Cc3csc(-c4ccccc4)n3)C[C@H](CNC1=O)O2. The molecule has 0 radical (unpaired) electrons. The van der Waals surface area contributed by atoms with Gasteiger partial charge in [0.1, 0.15) is 17.1 Å². The Hall–Kier alpha value is -4.62. The van der Waals surface area contributed by atoms with Gasteiger partial charge in [-0.1, -0.05) is 60.7 Å². The molecule has 0 unspecified atom stereocenters. The van der Waals surface area contributed by atoms with Crippen molar-refractivity contribution in [1.82, 2.24) is 30.7 Å². The number of morpholine rings is 1. The van der Waals surface area contributed by atoms with Gasteiger partial charge in [-0.2, -0.15) is 0 Å². The van der Waals surface area contributed by atoms with Gasteiger partial charge in [0.2, 0.25) is 23.6 Å². The van der Waals surface area contributed by atoms with Crippen LogP contribution in [0.25, 0.3) is 10.6 Å². The lowest BCUT2D eigenvalue weighted by atomic mass is 10.0. The summed E-state index contributed by atoms with van der Waals surface area (Å²) in [5.74, 6) is -2.27. The number of hydrogen-bond acceptors (Lipinski definition) is 8. The molecule has 0 spiro atoms. The van der Waals surface area contributed by atoms with E-state index in [2.05, 4.69) is 20.9 Å². The molecule has 13 heteroatoms. The van der Waals surface area contributed by atoms with E-state index in [4.69, 9.17) is 4.74 Å². The minimum atomic E-state index is -1.10. The fourth-order valence-electron chi connectivity index (χ4n) is 5.26. The zero-order chi connectivity index (χ0) is 31.9. The normalized spacial score (nSPS) is 23.3. The molecule has 1 aromatic heterocycles. The van der Waals surface area contributed by atoms with Crippen molar-refractivity contribution in [3.63, 3.8) is 0 Å². The molecule has 3 heterocycles. The topological polar surface area (TPSA) is 150 Å². The second-order valence-corrected chi connectivity index (χ2v) is 12.1. The molecule has 4 atom stereocenters. The average molecular weight is 633 g/mol. The van der Waals surface area contributed by atoms with E-state index in [0.29, 0.717) is 5.69 Å². The summed E-state index contributed by atoms with van der Waals surface area (Å²) in [6.45, 7) is 1.34. The first-order valence-electron chi connectivity index (χ1n) is 14.8. The summed E-state index contributed by atoms with van der Waals surface area (Å²) in [7, 11) is 1.46. The lowest BCUT2D eigenvalue weighted by Crippen LogP contribution is -2.59. The van der Waals surface area contributed by atoms with Gasteiger partial charge in [-0.3, -0.25) is 24.0 Å². The fourth-order valence-corrected chi connectivity index (χ4v) is 6.09. The number of carbonyl (C=O) groups excluding carboxylic acids is 5. The number of nitrogens with one attached hydrogen (secondary N) is 3. The minimum absolute atomic E-state index is 0.00768. The summed E-state index contributed by atoms with van der Waals surface area (Å²) in [5, 5.41) is 10.8. The largest absolute Gasteiger partial charge is 0.360 e. The Labute approximate surface area is 265 Å². The summed E-state index contributed by atoms with van der Waals surface area (Å²) < 4.78 is 6.09. The summed E-state index contributed by atoms with van der Waals surface area (Å²) in [4.78, 5) is 73.5. The molecule has 5 rings (SSSR count). The monoisotopic (exact) mass is 632 g/mol. The Bertz CT molecular complexity index is 1530. The van der Waals surface area contributed by atoms with E-state index in [1.807, 2.05) is 66.0 Å².